The third kappa shape index (κ3) is 4.18. The van der Waals surface area contributed by atoms with Crippen molar-refractivity contribution in [3.8, 4) is 0 Å². The number of oxazole rings is 1. The number of ether oxygens (including phenoxy) is 1. The monoisotopic (exact) mass is 447 g/mol. The highest BCUT2D eigenvalue weighted by molar-refractivity contribution is 5.89. The number of carbonyl (C=O) groups excluding carboxylic acids is 1. The largest absolute Gasteiger partial charge is 0.447 e. The van der Waals surface area contributed by atoms with E-state index in [9.17, 15) is 18.0 Å². The molecule has 4 rings (SSSR count). The Kier molecular flexibility index (Phi) is 5.41. The van der Waals surface area contributed by atoms with Crippen molar-refractivity contribution in [2.75, 3.05) is 0 Å². The minimum atomic E-state index is -4.71. The quantitative estimate of drug-likeness (QED) is 0.258. The number of esters is 1. The molecule has 0 aliphatic carbocycles. The summed E-state index contributed by atoms with van der Waals surface area (Å²) < 4.78 is 80.1. The van der Waals surface area contributed by atoms with E-state index >= 15 is 8.78 Å². The molecule has 0 aliphatic rings. The molecule has 0 fully saturated rings. The number of halogens is 5. The van der Waals surface area contributed by atoms with Gasteiger partial charge in [-0.25, -0.2) is 9.78 Å². The molecular formula is C23H14F5NO3. The fourth-order valence-corrected chi connectivity index (χ4v) is 3.10. The van der Waals surface area contributed by atoms with Crippen molar-refractivity contribution < 1.29 is 35.9 Å². The number of para-hydroxylation sites is 2. The Bertz CT molecular complexity index is 1220. The predicted octanol–water partition coefficient (Wildman–Crippen LogP) is 6.54. The molecule has 0 saturated carbocycles. The van der Waals surface area contributed by atoms with Crippen molar-refractivity contribution in [2.45, 2.75) is 18.2 Å². The van der Waals surface area contributed by atoms with Crippen molar-refractivity contribution in [1.82, 2.24) is 4.98 Å². The molecular weight excluding hydrogens is 433 g/mol. The first-order chi connectivity index (χ1) is 15.2. The zero-order valence-corrected chi connectivity index (χ0v) is 16.1. The van der Waals surface area contributed by atoms with Crippen LogP contribution in [-0.4, -0.2) is 11.0 Å². The summed E-state index contributed by atoms with van der Waals surface area (Å²) in [6.45, 7) is 0. The summed E-state index contributed by atoms with van der Waals surface area (Å²) in [7, 11) is 0. The lowest BCUT2D eigenvalue weighted by Crippen LogP contribution is -2.29. The fraction of sp³-hybridized carbons (Fsp3) is 0.130. The van der Waals surface area contributed by atoms with Crippen molar-refractivity contribution in [1.29, 1.82) is 0 Å². The summed E-state index contributed by atoms with van der Waals surface area (Å²) in [5.41, 5.74) is -1.42. The zero-order chi connectivity index (χ0) is 22.9. The maximum Gasteiger partial charge on any atom is 0.416 e. The molecule has 4 nitrogen and oxygen atoms in total. The van der Waals surface area contributed by atoms with Crippen LogP contribution in [-0.2, 0) is 16.8 Å². The van der Waals surface area contributed by atoms with Crippen LogP contribution in [0.2, 0.25) is 0 Å². The Hall–Kier alpha value is -3.75. The minimum absolute atomic E-state index is 0.0833. The lowest BCUT2D eigenvalue weighted by molar-refractivity contribution is -0.139. The van der Waals surface area contributed by atoms with Gasteiger partial charge in [-0.05, 0) is 35.9 Å². The average molecular weight is 447 g/mol. The van der Waals surface area contributed by atoms with Gasteiger partial charge >= 0.3 is 18.1 Å². The summed E-state index contributed by atoms with van der Waals surface area (Å²) in [6, 6.07) is 16.6. The van der Waals surface area contributed by atoms with Crippen LogP contribution in [0.25, 0.3) is 11.1 Å². The van der Waals surface area contributed by atoms with Crippen LogP contribution >= 0.6 is 0 Å². The van der Waals surface area contributed by atoms with Crippen LogP contribution in [0, 0.1) is 0 Å². The molecule has 3 aromatic carbocycles. The van der Waals surface area contributed by atoms with Crippen LogP contribution in [0.1, 0.15) is 33.5 Å². The minimum Gasteiger partial charge on any atom is -0.447 e. The van der Waals surface area contributed by atoms with Gasteiger partial charge in [-0.1, -0.05) is 48.5 Å². The Morgan fingerprint density at radius 3 is 2.25 bits per heavy atom. The second-order valence-corrected chi connectivity index (χ2v) is 6.88. The standard InChI is InChI=1S/C23H14F5NO3/c24-22(25,21-29-17-11-4-5-12-18(17)31-21)19(14-7-2-1-3-8-14)32-20(30)15-9-6-10-16(13-15)23(26,27)28/h1-13,19H. The molecule has 1 unspecified atom stereocenters. The number of alkyl halides is 5. The van der Waals surface area contributed by atoms with Crippen molar-refractivity contribution >= 4 is 17.1 Å². The number of aromatic nitrogens is 1. The Morgan fingerprint density at radius 2 is 1.56 bits per heavy atom. The second-order valence-electron chi connectivity index (χ2n) is 6.88. The molecule has 0 bridgehead atoms. The van der Waals surface area contributed by atoms with Gasteiger partial charge in [0, 0.05) is 0 Å². The molecule has 9 heteroatoms. The van der Waals surface area contributed by atoms with Gasteiger partial charge in [0.1, 0.15) is 5.52 Å². The van der Waals surface area contributed by atoms with E-state index in [1.165, 1.54) is 36.4 Å². The maximum atomic E-state index is 15.5. The van der Waals surface area contributed by atoms with Gasteiger partial charge in [-0.2, -0.15) is 22.0 Å². The Labute approximate surface area is 178 Å². The smallest absolute Gasteiger partial charge is 0.416 e. The van der Waals surface area contributed by atoms with Gasteiger partial charge in [0.15, 0.2) is 11.7 Å². The Morgan fingerprint density at radius 1 is 0.875 bits per heavy atom. The van der Waals surface area contributed by atoms with E-state index in [0.29, 0.717) is 6.07 Å². The Balaban J connectivity index is 1.72. The van der Waals surface area contributed by atoms with Crippen LogP contribution in [0.4, 0.5) is 22.0 Å². The average Bonchev–Trinajstić information content (AvgIpc) is 3.22. The molecule has 4 aromatic rings. The third-order valence-electron chi connectivity index (χ3n) is 4.66. The first kappa shape index (κ1) is 21.5. The molecule has 0 spiro atoms. The van der Waals surface area contributed by atoms with E-state index in [-0.39, 0.29) is 16.7 Å². The fourth-order valence-electron chi connectivity index (χ4n) is 3.10. The van der Waals surface area contributed by atoms with Gasteiger partial charge in [-0.3, -0.25) is 0 Å². The van der Waals surface area contributed by atoms with Crippen LogP contribution in [0.3, 0.4) is 0 Å². The van der Waals surface area contributed by atoms with E-state index in [1.807, 2.05) is 0 Å². The summed E-state index contributed by atoms with van der Waals surface area (Å²) in [6.07, 6.45) is -6.91. The van der Waals surface area contributed by atoms with Gasteiger partial charge in [0.25, 0.3) is 5.89 Å². The first-order valence-corrected chi connectivity index (χ1v) is 9.33. The molecule has 164 valence electrons. The maximum absolute atomic E-state index is 15.5. The van der Waals surface area contributed by atoms with Crippen molar-refractivity contribution in [2.24, 2.45) is 0 Å². The molecule has 0 saturated heterocycles. The van der Waals surface area contributed by atoms with E-state index < -0.39 is 41.2 Å². The van der Waals surface area contributed by atoms with Crippen LogP contribution < -0.4 is 0 Å². The van der Waals surface area contributed by atoms with E-state index in [1.54, 1.807) is 18.2 Å². The third-order valence-corrected chi connectivity index (χ3v) is 4.66. The lowest BCUT2D eigenvalue weighted by atomic mass is 10.0. The number of benzene rings is 3. The predicted molar refractivity (Wildman–Crippen MR) is 104 cm³/mol. The number of carbonyl (C=O) groups is 1. The molecule has 1 atom stereocenters. The molecule has 0 radical (unpaired) electrons. The number of hydrogen-bond acceptors (Lipinski definition) is 4. The normalized spacial score (nSPS) is 13.2. The van der Waals surface area contributed by atoms with Crippen LogP contribution in [0.15, 0.2) is 83.3 Å². The molecule has 0 aliphatic heterocycles. The lowest BCUT2D eigenvalue weighted by Gasteiger charge is -2.25. The number of rotatable bonds is 5. The number of fused-ring (bicyclic) bond motifs is 1. The molecule has 32 heavy (non-hydrogen) atoms. The summed E-state index contributed by atoms with van der Waals surface area (Å²) in [4.78, 5) is 16.4. The number of nitrogens with zero attached hydrogens (tertiary/aromatic N) is 1. The topological polar surface area (TPSA) is 52.3 Å². The SMILES string of the molecule is O=C(OC(c1ccccc1)C(F)(F)c1nc2ccccc2o1)c1cccc(C(F)(F)F)c1. The van der Waals surface area contributed by atoms with Crippen molar-refractivity contribution in [3.05, 3.63) is 101 Å². The van der Waals surface area contributed by atoms with Gasteiger partial charge < -0.3 is 9.15 Å². The summed E-state index contributed by atoms with van der Waals surface area (Å²) in [5.74, 6) is -6.25. The van der Waals surface area contributed by atoms with Crippen LogP contribution in [0.5, 0.6) is 0 Å². The first-order valence-electron chi connectivity index (χ1n) is 9.33. The highest BCUT2D eigenvalue weighted by atomic mass is 19.4. The second kappa shape index (κ2) is 8.07. The zero-order valence-electron chi connectivity index (χ0n) is 16.1. The van der Waals surface area contributed by atoms with Gasteiger partial charge in [0.2, 0.25) is 0 Å². The highest BCUT2D eigenvalue weighted by Gasteiger charge is 2.50. The molecule has 1 heterocycles. The summed E-state index contributed by atoms with van der Waals surface area (Å²) in [5, 5.41) is 0. The van der Waals surface area contributed by atoms with Gasteiger partial charge in [-0.15, -0.1) is 0 Å². The van der Waals surface area contributed by atoms with Crippen molar-refractivity contribution in [3.63, 3.8) is 0 Å². The van der Waals surface area contributed by atoms with E-state index in [2.05, 4.69) is 4.98 Å². The molecule has 1 aromatic heterocycles. The number of hydrogen-bond donors (Lipinski definition) is 0. The van der Waals surface area contributed by atoms with E-state index in [0.717, 1.165) is 18.2 Å². The molecule has 0 amide bonds. The summed E-state index contributed by atoms with van der Waals surface area (Å²) >= 11 is 0. The molecule has 0 N–H and O–H groups in total. The van der Waals surface area contributed by atoms with Gasteiger partial charge in [0.05, 0.1) is 11.1 Å². The van der Waals surface area contributed by atoms with E-state index in [4.69, 9.17) is 9.15 Å². The highest BCUT2D eigenvalue weighted by Crippen LogP contribution is 2.44.